The molecule has 0 unspecified atom stereocenters. The molecule has 0 bridgehead atoms. The van der Waals surface area contributed by atoms with E-state index in [0.29, 0.717) is 17.8 Å². The van der Waals surface area contributed by atoms with Gasteiger partial charge < -0.3 is 10.4 Å². The molecule has 2 heterocycles. The first-order chi connectivity index (χ1) is 10.1. The number of hydrogen-bond acceptors (Lipinski definition) is 5. The maximum Gasteiger partial charge on any atom is 0.358 e. The highest BCUT2D eigenvalue weighted by Gasteiger charge is 2.20. The normalized spacial score (nSPS) is 10.3. The van der Waals surface area contributed by atoms with Crippen LogP contribution in [-0.4, -0.2) is 43.5 Å². The summed E-state index contributed by atoms with van der Waals surface area (Å²) >= 11 is 0. The third kappa shape index (κ3) is 3.41. The molecule has 0 spiro atoms. The van der Waals surface area contributed by atoms with Crippen LogP contribution in [0, 0.1) is 0 Å². The third-order valence-electron chi connectivity index (χ3n) is 2.82. The number of amides is 1. The molecule has 0 aliphatic heterocycles. The lowest BCUT2D eigenvalue weighted by atomic mass is 10.1. The first-order valence-electron chi connectivity index (χ1n) is 6.47. The van der Waals surface area contributed by atoms with Crippen LogP contribution in [-0.2, 0) is 11.3 Å². The monoisotopic (exact) mass is 289 g/mol. The Morgan fingerprint density at radius 3 is 2.67 bits per heavy atom. The van der Waals surface area contributed by atoms with E-state index in [4.69, 9.17) is 0 Å². The fraction of sp³-hybridized carbons (Fsp3) is 0.308. The number of pyridine rings is 1. The summed E-state index contributed by atoms with van der Waals surface area (Å²) in [5.41, 5.74) is 0.870. The van der Waals surface area contributed by atoms with Gasteiger partial charge in [0.05, 0.1) is 6.54 Å². The highest BCUT2D eigenvalue weighted by atomic mass is 16.4. The Kier molecular flexibility index (Phi) is 4.60. The number of carbonyl (C=O) groups is 2. The number of hydrogen-bond donors (Lipinski definition) is 2. The summed E-state index contributed by atoms with van der Waals surface area (Å²) in [6.45, 7) is 2.63. The van der Waals surface area contributed by atoms with Crippen LogP contribution in [0.3, 0.4) is 0 Å². The molecule has 0 radical (unpaired) electrons. The van der Waals surface area contributed by atoms with Gasteiger partial charge in [0.1, 0.15) is 5.69 Å². The Morgan fingerprint density at radius 1 is 1.33 bits per heavy atom. The molecule has 0 saturated carbocycles. The van der Waals surface area contributed by atoms with Gasteiger partial charge in [-0.05, 0) is 19.1 Å². The largest absolute Gasteiger partial charge is 0.476 e. The van der Waals surface area contributed by atoms with Crippen molar-refractivity contribution in [1.82, 2.24) is 25.3 Å². The summed E-state index contributed by atoms with van der Waals surface area (Å²) < 4.78 is 1.42. The van der Waals surface area contributed by atoms with Crippen LogP contribution in [0.4, 0.5) is 0 Å². The Balaban J connectivity index is 2.30. The Labute approximate surface area is 120 Å². The van der Waals surface area contributed by atoms with Crippen LogP contribution in [0.15, 0.2) is 24.5 Å². The summed E-state index contributed by atoms with van der Waals surface area (Å²) in [7, 11) is 0. The van der Waals surface area contributed by atoms with E-state index in [9.17, 15) is 14.7 Å². The maximum atomic E-state index is 11.5. The molecule has 2 aromatic rings. The van der Waals surface area contributed by atoms with Gasteiger partial charge in [0.25, 0.3) is 0 Å². The van der Waals surface area contributed by atoms with Gasteiger partial charge in [-0.1, -0.05) is 5.21 Å². The van der Waals surface area contributed by atoms with Gasteiger partial charge in [-0.25, -0.2) is 9.48 Å². The summed E-state index contributed by atoms with van der Waals surface area (Å²) in [6.07, 6.45) is 3.32. The minimum absolute atomic E-state index is 0.120. The minimum Gasteiger partial charge on any atom is -0.476 e. The Bertz CT molecular complexity index is 639. The quantitative estimate of drug-likeness (QED) is 0.804. The van der Waals surface area contributed by atoms with Gasteiger partial charge in [0.2, 0.25) is 5.91 Å². The second kappa shape index (κ2) is 6.60. The molecule has 8 heteroatoms. The van der Waals surface area contributed by atoms with Crippen molar-refractivity contribution in [1.29, 1.82) is 0 Å². The summed E-state index contributed by atoms with van der Waals surface area (Å²) in [4.78, 5) is 26.6. The minimum atomic E-state index is -1.16. The van der Waals surface area contributed by atoms with Gasteiger partial charge in [0.15, 0.2) is 5.69 Å². The van der Waals surface area contributed by atoms with E-state index in [0.717, 1.165) is 0 Å². The fourth-order valence-corrected chi connectivity index (χ4v) is 1.90. The molecule has 0 fully saturated rings. The van der Waals surface area contributed by atoms with Crippen LogP contribution in [0.25, 0.3) is 11.3 Å². The lowest BCUT2D eigenvalue weighted by Gasteiger charge is -2.07. The summed E-state index contributed by atoms with van der Waals surface area (Å²) in [6, 6.07) is 3.35. The van der Waals surface area contributed by atoms with E-state index in [-0.39, 0.29) is 24.6 Å². The van der Waals surface area contributed by atoms with E-state index in [1.54, 1.807) is 24.5 Å². The van der Waals surface area contributed by atoms with Crippen molar-refractivity contribution >= 4 is 11.9 Å². The summed E-state index contributed by atoms with van der Waals surface area (Å²) in [5.74, 6) is -1.28. The number of aryl methyl sites for hydroxylation is 1. The van der Waals surface area contributed by atoms with Gasteiger partial charge >= 0.3 is 5.97 Å². The van der Waals surface area contributed by atoms with Crippen molar-refractivity contribution < 1.29 is 14.7 Å². The molecule has 21 heavy (non-hydrogen) atoms. The SMILES string of the molecule is CCNC(=O)CCn1nnc(C(=O)O)c1-c1ccncc1. The first-order valence-corrected chi connectivity index (χ1v) is 6.47. The van der Waals surface area contributed by atoms with Crippen molar-refractivity contribution in [2.24, 2.45) is 0 Å². The topological polar surface area (TPSA) is 110 Å². The average molecular weight is 289 g/mol. The van der Waals surface area contributed by atoms with Crippen molar-refractivity contribution in [3.8, 4) is 11.3 Å². The van der Waals surface area contributed by atoms with Crippen LogP contribution in [0.2, 0.25) is 0 Å². The molecule has 110 valence electrons. The summed E-state index contributed by atoms with van der Waals surface area (Å²) in [5, 5.41) is 19.4. The standard InChI is InChI=1S/C13H15N5O3/c1-2-15-10(19)5-8-18-12(9-3-6-14-7-4-9)11(13(20)21)16-17-18/h3-4,6-7H,2,5,8H2,1H3,(H,15,19)(H,20,21). The zero-order valence-electron chi connectivity index (χ0n) is 11.5. The van der Waals surface area contributed by atoms with E-state index in [1.165, 1.54) is 4.68 Å². The smallest absolute Gasteiger partial charge is 0.358 e. The van der Waals surface area contributed by atoms with Gasteiger partial charge in [0, 0.05) is 30.9 Å². The second-order valence-corrected chi connectivity index (χ2v) is 4.25. The first kappa shape index (κ1) is 14.6. The molecule has 0 atom stereocenters. The molecular weight excluding hydrogens is 274 g/mol. The van der Waals surface area contributed by atoms with Gasteiger partial charge in [-0.2, -0.15) is 0 Å². The average Bonchev–Trinajstić information content (AvgIpc) is 2.90. The van der Waals surface area contributed by atoms with E-state index >= 15 is 0 Å². The zero-order chi connectivity index (χ0) is 15.2. The van der Waals surface area contributed by atoms with E-state index < -0.39 is 5.97 Å². The van der Waals surface area contributed by atoms with Crippen LogP contribution < -0.4 is 5.32 Å². The highest BCUT2D eigenvalue weighted by Crippen LogP contribution is 2.21. The lowest BCUT2D eigenvalue weighted by Crippen LogP contribution is -2.24. The molecule has 0 aliphatic rings. The zero-order valence-corrected chi connectivity index (χ0v) is 11.5. The predicted octanol–water partition coefficient (Wildman–Crippen LogP) is 0.564. The number of aromatic carboxylic acids is 1. The molecule has 2 rings (SSSR count). The van der Waals surface area contributed by atoms with Crippen molar-refractivity contribution in [3.63, 3.8) is 0 Å². The Morgan fingerprint density at radius 2 is 2.05 bits per heavy atom. The Hall–Kier alpha value is -2.77. The fourth-order valence-electron chi connectivity index (χ4n) is 1.90. The van der Waals surface area contributed by atoms with Gasteiger partial charge in [-0.3, -0.25) is 9.78 Å². The number of carboxylic acid groups (broad SMARTS) is 1. The number of carboxylic acids is 1. The van der Waals surface area contributed by atoms with Gasteiger partial charge in [-0.15, -0.1) is 5.10 Å². The molecule has 0 aromatic carbocycles. The maximum absolute atomic E-state index is 11.5. The molecule has 8 nitrogen and oxygen atoms in total. The van der Waals surface area contributed by atoms with Crippen molar-refractivity contribution in [2.75, 3.05) is 6.54 Å². The molecule has 2 N–H and O–H groups in total. The number of nitrogens with one attached hydrogen (secondary N) is 1. The van der Waals surface area contributed by atoms with Crippen LogP contribution in [0.1, 0.15) is 23.8 Å². The molecule has 0 aliphatic carbocycles. The molecule has 1 amide bonds. The number of aromatic nitrogens is 4. The second-order valence-electron chi connectivity index (χ2n) is 4.25. The number of nitrogens with zero attached hydrogens (tertiary/aromatic N) is 4. The van der Waals surface area contributed by atoms with E-state index in [1.807, 2.05) is 6.92 Å². The van der Waals surface area contributed by atoms with E-state index in [2.05, 4.69) is 20.6 Å². The molecular formula is C13H15N5O3. The highest BCUT2D eigenvalue weighted by molar-refractivity contribution is 5.92. The van der Waals surface area contributed by atoms with Crippen molar-refractivity contribution in [2.45, 2.75) is 19.9 Å². The van der Waals surface area contributed by atoms with Crippen LogP contribution >= 0.6 is 0 Å². The third-order valence-corrected chi connectivity index (χ3v) is 2.82. The number of rotatable bonds is 6. The van der Waals surface area contributed by atoms with Crippen LogP contribution in [0.5, 0.6) is 0 Å². The number of carbonyl (C=O) groups excluding carboxylic acids is 1. The molecule has 2 aromatic heterocycles. The lowest BCUT2D eigenvalue weighted by molar-refractivity contribution is -0.121. The van der Waals surface area contributed by atoms with Crippen molar-refractivity contribution in [3.05, 3.63) is 30.2 Å². The molecule has 0 saturated heterocycles. The predicted molar refractivity (Wildman–Crippen MR) is 73.5 cm³/mol.